The van der Waals surface area contributed by atoms with Crippen LogP contribution in [-0.4, -0.2) is 59.5 Å². The highest BCUT2D eigenvalue weighted by molar-refractivity contribution is 6.03. The Morgan fingerprint density at radius 2 is 1.72 bits per heavy atom. The van der Waals surface area contributed by atoms with Gasteiger partial charge in [0.2, 0.25) is 0 Å². The third-order valence-electron chi connectivity index (χ3n) is 6.00. The van der Waals surface area contributed by atoms with Crippen LogP contribution in [0.15, 0.2) is 42.6 Å². The molecule has 1 aliphatic heterocycles. The number of carbonyl (C=O) groups excluding carboxylic acids is 1. The summed E-state index contributed by atoms with van der Waals surface area (Å²) < 4.78 is 15.1. The second-order valence-corrected chi connectivity index (χ2v) is 8.05. The van der Waals surface area contributed by atoms with Crippen molar-refractivity contribution in [2.75, 3.05) is 43.9 Å². The minimum Gasteiger partial charge on any atom is -0.382 e. The third kappa shape index (κ3) is 3.25. The van der Waals surface area contributed by atoms with Gasteiger partial charge in [-0.1, -0.05) is 12.1 Å². The van der Waals surface area contributed by atoms with Crippen molar-refractivity contribution < 1.29 is 9.18 Å². The Morgan fingerprint density at radius 3 is 2.38 bits per heavy atom. The van der Waals surface area contributed by atoms with Crippen LogP contribution in [0, 0.1) is 5.92 Å². The Labute approximate surface area is 168 Å². The zero-order valence-corrected chi connectivity index (χ0v) is 16.4. The first-order valence-corrected chi connectivity index (χ1v) is 10.0. The molecule has 6 nitrogen and oxygen atoms in total. The van der Waals surface area contributed by atoms with Gasteiger partial charge in [-0.25, -0.2) is 9.37 Å². The number of alkyl halides is 1. The molecule has 1 saturated carbocycles. The van der Waals surface area contributed by atoms with Crippen molar-refractivity contribution in [1.82, 2.24) is 14.3 Å². The number of benzene rings is 1. The van der Waals surface area contributed by atoms with Gasteiger partial charge in [-0.05, 0) is 48.9 Å². The predicted octanol–water partition coefficient (Wildman–Crippen LogP) is 2.88. The van der Waals surface area contributed by atoms with E-state index in [0.717, 1.165) is 37.3 Å². The van der Waals surface area contributed by atoms with Crippen molar-refractivity contribution in [3.05, 3.63) is 48.3 Å². The number of carbonyl (C=O) groups is 1. The molecule has 29 heavy (non-hydrogen) atoms. The highest BCUT2D eigenvalue weighted by atomic mass is 19.1. The molecule has 0 amide bonds. The SMILES string of the molecule is CN1CCN(c2ccc(-c3ccc4nc(N)c(C(=O)[C@@H]5C[C@@H]5F)n4c3)cc2)CC1. The molecule has 7 heteroatoms. The molecule has 1 saturated heterocycles. The van der Waals surface area contributed by atoms with Crippen LogP contribution in [0.25, 0.3) is 16.8 Å². The number of halogens is 1. The first-order valence-electron chi connectivity index (χ1n) is 10.0. The van der Waals surface area contributed by atoms with Gasteiger partial charge in [-0.2, -0.15) is 0 Å². The lowest BCUT2D eigenvalue weighted by Gasteiger charge is -2.34. The Balaban J connectivity index is 1.45. The number of ketones is 1. The van der Waals surface area contributed by atoms with E-state index in [0.29, 0.717) is 11.3 Å². The van der Waals surface area contributed by atoms with E-state index in [9.17, 15) is 9.18 Å². The first kappa shape index (κ1) is 18.1. The molecule has 3 heterocycles. The number of rotatable bonds is 4. The predicted molar refractivity (Wildman–Crippen MR) is 112 cm³/mol. The standard InChI is InChI=1S/C22H24FN5O/c1-26-8-10-27(11-9-26)16-5-2-14(3-6-16)15-4-7-19-25-22(24)20(28(19)13-15)21(29)17-12-18(17)23/h2-7,13,17-18H,8-12,24H2,1H3/t17-,18+/m1/s1. The average Bonchev–Trinajstić information content (AvgIpc) is 3.37. The van der Waals surface area contributed by atoms with E-state index in [1.54, 1.807) is 4.40 Å². The number of Topliss-reactive ketones (excluding diaryl/α,β-unsaturated/α-hetero) is 1. The highest BCUT2D eigenvalue weighted by Gasteiger charge is 2.45. The fourth-order valence-electron chi connectivity index (χ4n) is 4.02. The number of nitrogens with two attached hydrogens (primary N) is 1. The van der Waals surface area contributed by atoms with Gasteiger partial charge in [0, 0.05) is 38.1 Å². The van der Waals surface area contributed by atoms with Gasteiger partial charge < -0.3 is 15.5 Å². The Bertz CT molecular complexity index is 1070. The molecule has 1 aromatic carbocycles. The van der Waals surface area contributed by atoms with E-state index in [-0.39, 0.29) is 18.0 Å². The molecule has 0 spiro atoms. The van der Waals surface area contributed by atoms with Crippen LogP contribution in [0.3, 0.4) is 0 Å². The number of piperazine rings is 1. The number of nitrogens with zero attached hydrogens (tertiary/aromatic N) is 4. The molecule has 2 atom stereocenters. The quantitative estimate of drug-likeness (QED) is 0.691. The normalized spacial score (nSPS) is 22.2. The maximum Gasteiger partial charge on any atom is 0.189 e. The second kappa shape index (κ2) is 6.84. The number of nitrogen functional groups attached to an aromatic ring is 1. The van der Waals surface area contributed by atoms with Crippen LogP contribution in [0.1, 0.15) is 16.9 Å². The summed E-state index contributed by atoms with van der Waals surface area (Å²) in [5, 5.41) is 0. The molecule has 1 aliphatic carbocycles. The van der Waals surface area contributed by atoms with Gasteiger partial charge in [0.1, 0.15) is 17.5 Å². The van der Waals surface area contributed by atoms with Crippen LogP contribution in [0.5, 0.6) is 0 Å². The molecule has 3 aromatic rings. The molecule has 0 unspecified atom stereocenters. The molecule has 0 bridgehead atoms. The third-order valence-corrected chi connectivity index (χ3v) is 6.00. The minimum atomic E-state index is -1.06. The van der Waals surface area contributed by atoms with Crippen molar-refractivity contribution in [3.8, 4) is 11.1 Å². The van der Waals surface area contributed by atoms with Crippen molar-refractivity contribution in [3.63, 3.8) is 0 Å². The summed E-state index contributed by atoms with van der Waals surface area (Å²) in [7, 11) is 2.15. The lowest BCUT2D eigenvalue weighted by Crippen LogP contribution is -2.44. The van der Waals surface area contributed by atoms with E-state index < -0.39 is 12.1 Å². The molecular weight excluding hydrogens is 369 g/mol. The summed E-state index contributed by atoms with van der Waals surface area (Å²) in [6, 6.07) is 12.3. The molecular formula is C22H24FN5O. The van der Waals surface area contributed by atoms with E-state index in [4.69, 9.17) is 5.73 Å². The first-order chi connectivity index (χ1) is 14.0. The zero-order chi connectivity index (χ0) is 20.1. The van der Waals surface area contributed by atoms with Crippen molar-refractivity contribution in [2.24, 2.45) is 5.92 Å². The van der Waals surface area contributed by atoms with Gasteiger partial charge >= 0.3 is 0 Å². The van der Waals surface area contributed by atoms with Crippen LogP contribution >= 0.6 is 0 Å². The van der Waals surface area contributed by atoms with Crippen LogP contribution < -0.4 is 10.6 Å². The molecule has 2 fully saturated rings. The summed E-state index contributed by atoms with van der Waals surface area (Å²) in [6.07, 6.45) is 1.09. The van der Waals surface area contributed by atoms with Gasteiger partial charge in [0.15, 0.2) is 11.6 Å². The lowest BCUT2D eigenvalue weighted by molar-refractivity contribution is 0.0952. The van der Waals surface area contributed by atoms with Gasteiger partial charge in [-0.3, -0.25) is 9.20 Å². The molecule has 2 aliphatic rings. The van der Waals surface area contributed by atoms with Gasteiger partial charge in [-0.15, -0.1) is 0 Å². The number of fused-ring (bicyclic) bond motifs is 1. The Morgan fingerprint density at radius 1 is 1.07 bits per heavy atom. The van der Waals surface area contributed by atoms with Crippen LogP contribution in [0.2, 0.25) is 0 Å². The maximum atomic E-state index is 13.4. The van der Waals surface area contributed by atoms with Crippen LogP contribution in [-0.2, 0) is 0 Å². The number of hydrogen-bond acceptors (Lipinski definition) is 5. The van der Waals surface area contributed by atoms with E-state index in [2.05, 4.69) is 46.1 Å². The fourth-order valence-corrected chi connectivity index (χ4v) is 4.02. The molecule has 5 rings (SSSR count). The second-order valence-electron chi connectivity index (χ2n) is 8.05. The van der Waals surface area contributed by atoms with Crippen molar-refractivity contribution in [1.29, 1.82) is 0 Å². The van der Waals surface area contributed by atoms with E-state index in [1.165, 1.54) is 5.69 Å². The monoisotopic (exact) mass is 393 g/mol. The van der Waals surface area contributed by atoms with E-state index in [1.807, 2.05) is 18.3 Å². The lowest BCUT2D eigenvalue weighted by atomic mass is 10.1. The van der Waals surface area contributed by atoms with E-state index >= 15 is 0 Å². The molecule has 150 valence electrons. The number of pyridine rings is 1. The average molecular weight is 393 g/mol. The molecule has 2 aromatic heterocycles. The van der Waals surface area contributed by atoms with Crippen molar-refractivity contribution in [2.45, 2.75) is 12.6 Å². The Kier molecular flexibility index (Phi) is 4.28. The zero-order valence-electron chi connectivity index (χ0n) is 16.4. The van der Waals surface area contributed by atoms with Gasteiger partial charge in [0.25, 0.3) is 0 Å². The maximum absolute atomic E-state index is 13.4. The molecule has 0 radical (unpaired) electrons. The van der Waals surface area contributed by atoms with Crippen molar-refractivity contribution >= 4 is 22.9 Å². The number of aromatic nitrogens is 2. The topological polar surface area (TPSA) is 66.9 Å². The smallest absolute Gasteiger partial charge is 0.189 e. The minimum absolute atomic E-state index is 0.164. The summed E-state index contributed by atoms with van der Waals surface area (Å²) >= 11 is 0. The highest BCUT2D eigenvalue weighted by Crippen LogP contribution is 2.38. The fraction of sp³-hybridized carbons (Fsp3) is 0.364. The number of imidazole rings is 1. The summed E-state index contributed by atoms with van der Waals surface area (Å²) in [5.74, 6) is -0.676. The summed E-state index contributed by atoms with van der Waals surface area (Å²) in [4.78, 5) is 21.6. The number of likely N-dealkylation sites (N-methyl/N-ethyl adjacent to an activating group) is 1. The van der Waals surface area contributed by atoms with Crippen LogP contribution in [0.4, 0.5) is 15.9 Å². The summed E-state index contributed by atoms with van der Waals surface area (Å²) in [6.45, 7) is 4.19. The largest absolute Gasteiger partial charge is 0.382 e. The summed E-state index contributed by atoms with van der Waals surface area (Å²) in [5.41, 5.74) is 10.1. The Hall–Kier alpha value is -2.93. The number of anilines is 2. The van der Waals surface area contributed by atoms with Gasteiger partial charge in [0.05, 0.1) is 5.92 Å². The molecule has 2 N–H and O–H groups in total. The number of hydrogen-bond donors (Lipinski definition) is 1.